The molecular weight excluding hydrogens is 262 g/mol. The number of piperazine rings is 1. The Morgan fingerprint density at radius 1 is 1.60 bits per heavy atom. The molecule has 20 heavy (non-hydrogen) atoms. The standard InChI is InChI=1S/C12H19N5O3/c1-9-7-15(5-4-13-9)11(18)12(2,3)16-8-10(6-14-16)17(19)20/h6,8-9,13H,4-5,7H2,1-3H3. The van der Waals surface area contributed by atoms with E-state index in [2.05, 4.69) is 10.4 Å². The maximum absolute atomic E-state index is 12.6. The first-order valence-electron chi connectivity index (χ1n) is 6.54. The second kappa shape index (κ2) is 5.20. The van der Waals surface area contributed by atoms with Crippen LogP contribution < -0.4 is 5.32 Å². The van der Waals surface area contributed by atoms with Crippen molar-refractivity contribution in [3.8, 4) is 0 Å². The van der Waals surface area contributed by atoms with E-state index < -0.39 is 10.5 Å². The van der Waals surface area contributed by atoms with Crippen molar-refractivity contribution in [3.05, 3.63) is 22.5 Å². The normalized spacial score (nSPS) is 19.9. The summed E-state index contributed by atoms with van der Waals surface area (Å²) in [4.78, 5) is 24.6. The number of carbonyl (C=O) groups excluding carboxylic acids is 1. The summed E-state index contributed by atoms with van der Waals surface area (Å²) in [5, 5.41) is 17.9. The minimum absolute atomic E-state index is 0.0798. The molecule has 0 aromatic carbocycles. The number of rotatable bonds is 3. The third-order valence-electron chi connectivity index (χ3n) is 3.53. The molecule has 1 N–H and O–H groups in total. The van der Waals surface area contributed by atoms with E-state index in [1.807, 2.05) is 6.92 Å². The van der Waals surface area contributed by atoms with E-state index in [0.717, 1.165) is 12.7 Å². The third-order valence-corrected chi connectivity index (χ3v) is 3.53. The Balaban J connectivity index is 2.19. The highest BCUT2D eigenvalue weighted by Gasteiger charge is 2.36. The fourth-order valence-electron chi connectivity index (χ4n) is 2.32. The second-order valence-corrected chi connectivity index (χ2v) is 5.57. The summed E-state index contributed by atoms with van der Waals surface area (Å²) in [6, 6.07) is 0.246. The summed E-state index contributed by atoms with van der Waals surface area (Å²) in [6.07, 6.45) is 2.46. The lowest BCUT2D eigenvalue weighted by atomic mass is 10.0. The fraction of sp³-hybridized carbons (Fsp3) is 0.667. The van der Waals surface area contributed by atoms with Crippen molar-refractivity contribution in [1.29, 1.82) is 0 Å². The number of aromatic nitrogens is 2. The molecule has 1 aliphatic heterocycles. The lowest BCUT2D eigenvalue weighted by Gasteiger charge is -2.37. The van der Waals surface area contributed by atoms with E-state index in [9.17, 15) is 14.9 Å². The van der Waals surface area contributed by atoms with Crippen molar-refractivity contribution in [2.45, 2.75) is 32.4 Å². The molecule has 8 nitrogen and oxygen atoms in total. The van der Waals surface area contributed by atoms with Crippen molar-refractivity contribution in [1.82, 2.24) is 20.0 Å². The van der Waals surface area contributed by atoms with Gasteiger partial charge in [0.1, 0.15) is 17.9 Å². The Kier molecular flexibility index (Phi) is 3.76. The summed E-state index contributed by atoms with van der Waals surface area (Å²) in [5.74, 6) is -0.0798. The van der Waals surface area contributed by atoms with E-state index in [1.54, 1.807) is 18.7 Å². The molecule has 1 fully saturated rings. The Morgan fingerprint density at radius 3 is 2.85 bits per heavy atom. The fourth-order valence-corrected chi connectivity index (χ4v) is 2.32. The molecular formula is C12H19N5O3. The molecule has 110 valence electrons. The van der Waals surface area contributed by atoms with Gasteiger partial charge in [0.15, 0.2) is 0 Å². The summed E-state index contributed by atoms with van der Waals surface area (Å²) in [6.45, 7) is 7.48. The molecule has 2 heterocycles. The Labute approximate surface area is 116 Å². The second-order valence-electron chi connectivity index (χ2n) is 5.57. The maximum Gasteiger partial charge on any atom is 0.307 e. The predicted molar refractivity (Wildman–Crippen MR) is 72.2 cm³/mol. The van der Waals surface area contributed by atoms with Crippen molar-refractivity contribution in [3.63, 3.8) is 0 Å². The van der Waals surface area contributed by atoms with Gasteiger partial charge in [-0.25, -0.2) is 0 Å². The first kappa shape index (κ1) is 14.4. The van der Waals surface area contributed by atoms with E-state index in [-0.39, 0.29) is 17.6 Å². The molecule has 1 saturated heterocycles. The van der Waals surface area contributed by atoms with Crippen molar-refractivity contribution in [2.75, 3.05) is 19.6 Å². The van der Waals surface area contributed by atoms with Gasteiger partial charge in [-0.3, -0.25) is 19.6 Å². The number of amides is 1. The van der Waals surface area contributed by atoms with E-state index >= 15 is 0 Å². The average molecular weight is 281 g/mol. The first-order chi connectivity index (χ1) is 9.32. The van der Waals surface area contributed by atoms with Crippen LogP contribution in [0.4, 0.5) is 5.69 Å². The van der Waals surface area contributed by atoms with Gasteiger partial charge in [0.25, 0.3) is 0 Å². The van der Waals surface area contributed by atoms with Gasteiger partial charge in [-0.05, 0) is 20.8 Å². The molecule has 1 atom stereocenters. The lowest BCUT2D eigenvalue weighted by Crippen LogP contribution is -2.56. The SMILES string of the molecule is CC1CN(C(=O)C(C)(C)n2cc([N+](=O)[O-])cn2)CCN1. The van der Waals surface area contributed by atoms with Gasteiger partial charge in [0.2, 0.25) is 5.91 Å². The Morgan fingerprint density at radius 2 is 2.30 bits per heavy atom. The third kappa shape index (κ3) is 2.64. The summed E-state index contributed by atoms with van der Waals surface area (Å²) in [5.41, 5.74) is -1.05. The molecule has 1 amide bonds. The first-order valence-corrected chi connectivity index (χ1v) is 6.54. The van der Waals surface area contributed by atoms with Crippen LogP contribution in [-0.2, 0) is 10.3 Å². The molecule has 2 rings (SSSR count). The van der Waals surface area contributed by atoms with E-state index in [1.165, 1.54) is 10.9 Å². The minimum atomic E-state index is -0.939. The molecule has 1 aliphatic rings. The van der Waals surface area contributed by atoms with Crippen LogP contribution in [0, 0.1) is 10.1 Å². The summed E-state index contributed by atoms with van der Waals surface area (Å²) >= 11 is 0. The molecule has 0 radical (unpaired) electrons. The zero-order valence-corrected chi connectivity index (χ0v) is 11.9. The van der Waals surface area contributed by atoms with Gasteiger partial charge in [0, 0.05) is 25.7 Å². The Bertz CT molecular complexity index is 525. The number of hydrogen-bond donors (Lipinski definition) is 1. The summed E-state index contributed by atoms with van der Waals surface area (Å²) in [7, 11) is 0. The smallest absolute Gasteiger partial charge is 0.307 e. The molecule has 1 aromatic heterocycles. The lowest BCUT2D eigenvalue weighted by molar-refractivity contribution is -0.385. The molecule has 0 spiro atoms. The quantitative estimate of drug-likeness (QED) is 0.637. The molecule has 1 unspecified atom stereocenters. The van der Waals surface area contributed by atoms with Gasteiger partial charge in [0.05, 0.1) is 4.92 Å². The van der Waals surface area contributed by atoms with Crippen LogP contribution in [0.2, 0.25) is 0 Å². The van der Waals surface area contributed by atoms with Crippen molar-refractivity contribution < 1.29 is 9.72 Å². The highest BCUT2D eigenvalue weighted by molar-refractivity contribution is 5.83. The van der Waals surface area contributed by atoms with Crippen molar-refractivity contribution >= 4 is 11.6 Å². The molecule has 8 heteroatoms. The van der Waals surface area contributed by atoms with Crippen LogP contribution in [0.15, 0.2) is 12.4 Å². The minimum Gasteiger partial charge on any atom is -0.338 e. The maximum atomic E-state index is 12.6. The average Bonchev–Trinajstić information content (AvgIpc) is 2.88. The van der Waals surface area contributed by atoms with Gasteiger partial charge >= 0.3 is 5.69 Å². The van der Waals surface area contributed by atoms with Crippen molar-refractivity contribution in [2.24, 2.45) is 0 Å². The zero-order valence-electron chi connectivity index (χ0n) is 11.9. The predicted octanol–water partition coefficient (Wildman–Crippen LogP) is 0.347. The number of carbonyl (C=O) groups is 1. The van der Waals surface area contributed by atoms with Gasteiger partial charge in [-0.15, -0.1) is 0 Å². The topological polar surface area (TPSA) is 93.3 Å². The van der Waals surface area contributed by atoms with E-state index in [4.69, 9.17) is 0 Å². The zero-order chi connectivity index (χ0) is 14.9. The number of nitro groups is 1. The number of nitrogens with zero attached hydrogens (tertiary/aromatic N) is 4. The number of nitrogens with one attached hydrogen (secondary N) is 1. The van der Waals surface area contributed by atoms with Gasteiger partial charge in [-0.1, -0.05) is 0 Å². The van der Waals surface area contributed by atoms with Crippen LogP contribution in [0.1, 0.15) is 20.8 Å². The Hall–Kier alpha value is -1.96. The van der Waals surface area contributed by atoms with Crippen LogP contribution >= 0.6 is 0 Å². The molecule has 0 aliphatic carbocycles. The highest BCUT2D eigenvalue weighted by atomic mass is 16.6. The molecule has 1 aromatic rings. The monoisotopic (exact) mass is 281 g/mol. The molecule has 0 bridgehead atoms. The van der Waals surface area contributed by atoms with Gasteiger partial charge < -0.3 is 10.2 Å². The number of hydrogen-bond acceptors (Lipinski definition) is 5. The van der Waals surface area contributed by atoms with Gasteiger partial charge in [-0.2, -0.15) is 5.10 Å². The van der Waals surface area contributed by atoms with Crippen LogP contribution in [0.5, 0.6) is 0 Å². The largest absolute Gasteiger partial charge is 0.338 e. The van der Waals surface area contributed by atoms with Crippen LogP contribution in [0.25, 0.3) is 0 Å². The molecule has 0 saturated carbocycles. The van der Waals surface area contributed by atoms with Crippen LogP contribution in [0.3, 0.4) is 0 Å². The van der Waals surface area contributed by atoms with Crippen LogP contribution in [-0.4, -0.2) is 51.2 Å². The van der Waals surface area contributed by atoms with E-state index in [0.29, 0.717) is 13.1 Å². The highest BCUT2D eigenvalue weighted by Crippen LogP contribution is 2.21. The summed E-state index contributed by atoms with van der Waals surface area (Å²) < 4.78 is 1.36.